The molecular formula is C11H15NS. The lowest BCUT2D eigenvalue weighted by molar-refractivity contribution is 0.477. The molecule has 3 rings (SSSR count). The van der Waals surface area contributed by atoms with Crippen molar-refractivity contribution in [2.24, 2.45) is 11.8 Å². The SMILES string of the molecule is c1csc(CNC2CC[C@H]3C[C@@H]23)c1. The zero-order chi connectivity index (χ0) is 8.67. The molecule has 2 heteroatoms. The number of nitrogens with one attached hydrogen (secondary N) is 1. The van der Waals surface area contributed by atoms with Gasteiger partial charge in [-0.1, -0.05) is 6.07 Å². The molecule has 0 aliphatic heterocycles. The summed E-state index contributed by atoms with van der Waals surface area (Å²) in [6.07, 6.45) is 4.40. The van der Waals surface area contributed by atoms with Gasteiger partial charge in [0.25, 0.3) is 0 Å². The Morgan fingerprint density at radius 2 is 2.46 bits per heavy atom. The van der Waals surface area contributed by atoms with Crippen LogP contribution in [0.3, 0.4) is 0 Å². The molecular weight excluding hydrogens is 178 g/mol. The summed E-state index contributed by atoms with van der Waals surface area (Å²) in [4.78, 5) is 1.48. The van der Waals surface area contributed by atoms with E-state index >= 15 is 0 Å². The second-order valence-electron chi connectivity index (χ2n) is 4.30. The molecule has 1 unspecified atom stereocenters. The Bertz CT molecular complexity index is 280. The Balaban J connectivity index is 1.53. The Morgan fingerprint density at radius 3 is 3.08 bits per heavy atom. The van der Waals surface area contributed by atoms with Gasteiger partial charge in [-0.05, 0) is 42.5 Å². The first-order chi connectivity index (χ1) is 6.43. The molecule has 1 nitrogen and oxygen atoms in total. The van der Waals surface area contributed by atoms with Crippen molar-refractivity contribution in [2.45, 2.75) is 31.8 Å². The predicted octanol–water partition coefficient (Wildman–Crippen LogP) is 2.64. The molecule has 1 heterocycles. The minimum Gasteiger partial charge on any atom is -0.309 e. The first-order valence-electron chi connectivity index (χ1n) is 5.19. The van der Waals surface area contributed by atoms with Gasteiger partial charge < -0.3 is 5.32 Å². The fourth-order valence-corrected chi connectivity index (χ4v) is 3.26. The van der Waals surface area contributed by atoms with Gasteiger partial charge in [0, 0.05) is 17.5 Å². The van der Waals surface area contributed by atoms with E-state index in [4.69, 9.17) is 0 Å². The van der Waals surface area contributed by atoms with Gasteiger partial charge in [-0.3, -0.25) is 0 Å². The molecule has 2 saturated carbocycles. The molecule has 70 valence electrons. The first-order valence-corrected chi connectivity index (χ1v) is 6.07. The Hall–Kier alpha value is -0.340. The van der Waals surface area contributed by atoms with Crippen LogP contribution in [0.25, 0.3) is 0 Å². The average Bonchev–Trinajstić information content (AvgIpc) is 2.64. The number of rotatable bonds is 3. The molecule has 0 saturated heterocycles. The minimum atomic E-state index is 0.840. The van der Waals surface area contributed by atoms with Crippen molar-refractivity contribution in [1.82, 2.24) is 5.32 Å². The highest BCUT2D eigenvalue weighted by Gasteiger charge is 2.47. The summed E-state index contributed by atoms with van der Waals surface area (Å²) in [7, 11) is 0. The van der Waals surface area contributed by atoms with Crippen molar-refractivity contribution in [3.63, 3.8) is 0 Å². The molecule has 1 aromatic heterocycles. The highest BCUT2D eigenvalue weighted by molar-refractivity contribution is 7.09. The van der Waals surface area contributed by atoms with E-state index in [2.05, 4.69) is 22.8 Å². The summed E-state index contributed by atoms with van der Waals surface area (Å²) in [6.45, 7) is 1.09. The van der Waals surface area contributed by atoms with Gasteiger partial charge in [0.05, 0.1) is 0 Å². The summed E-state index contributed by atoms with van der Waals surface area (Å²) >= 11 is 1.86. The van der Waals surface area contributed by atoms with Gasteiger partial charge in [-0.2, -0.15) is 0 Å². The van der Waals surface area contributed by atoms with E-state index in [1.165, 1.54) is 24.1 Å². The van der Waals surface area contributed by atoms with Gasteiger partial charge in [0.15, 0.2) is 0 Å². The van der Waals surface area contributed by atoms with Gasteiger partial charge in [-0.25, -0.2) is 0 Å². The summed E-state index contributed by atoms with van der Waals surface area (Å²) in [6, 6.07) is 5.19. The van der Waals surface area contributed by atoms with Crippen molar-refractivity contribution in [1.29, 1.82) is 0 Å². The van der Waals surface area contributed by atoms with Crippen LogP contribution in [0.1, 0.15) is 24.1 Å². The van der Waals surface area contributed by atoms with Crippen LogP contribution in [0.4, 0.5) is 0 Å². The van der Waals surface area contributed by atoms with Crippen molar-refractivity contribution in [3.05, 3.63) is 22.4 Å². The maximum atomic E-state index is 3.69. The summed E-state index contributed by atoms with van der Waals surface area (Å²) in [5.74, 6) is 2.14. The summed E-state index contributed by atoms with van der Waals surface area (Å²) in [5, 5.41) is 5.84. The highest BCUT2D eigenvalue weighted by Crippen LogP contribution is 2.51. The van der Waals surface area contributed by atoms with Crippen LogP contribution < -0.4 is 5.32 Å². The quantitative estimate of drug-likeness (QED) is 0.778. The van der Waals surface area contributed by atoms with E-state index in [0.29, 0.717) is 0 Å². The van der Waals surface area contributed by atoms with Crippen LogP contribution in [0.5, 0.6) is 0 Å². The molecule has 0 radical (unpaired) electrons. The largest absolute Gasteiger partial charge is 0.309 e. The Kier molecular flexibility index (Phi) is 1.91. The van der Waals surface area contributed by atoms with Crippen LogP contribution in [-0.2, 0) is 6.54 Å². The van der Waals surface area contributed by atoms with E-state index in [0.717, 1.165) is 24.4 Å². The Morgan fingerprint density at radius 1 is 1.46 bits per heavy atom. The van der Waals surface area contributed by atoms with Gasteiger partial charge in [-0.15, -0.1) is 11.3 Å². The van der Waals surface area contributed by atoms with Crippen LogP contribution in [-0.4, -0.2) is 6.04 Å². The number of fused-ring (bicyclic) bond motifs is 1. The maximum Gasteiger partial charge on any atom is 0.0302 e. The molecule has 3 atom stereocenters. The van der Waals surface area contributed by atoms with E-state index in [9.17, 15) is 0 Å². The van der Waals surface area contributed by atoms with Crippen LogP contribution in [0.2, 0.25) is 0 Å². The third-order valence-electron chi connectivity index (χ3n) is 3.46. The van der Waals surface area contributed by atoms with Gasteiger partial charge in [0.2, 0.25) is 0 Å². The van der Waals surface area contributed by atoms with Gasteiger partial charge in [0.1, 0.15) is 0 Å². The second-order valence-corrected chi connectivity index (χ2v) is 5.34. The number of thiophene rings is 1. The van der Waals surface area contributed by atoms with E-state index < -0.39 is 0 Å². The first kappa shape index (κ1) is 8.01. The topological polar surface area (TPSA) is 12.0 Å². The monoisotopic (exact) mass is 193 g/mol. The van der Waals surface area contributed by atoms with E-state index in [1.54, 1.807) is 0 Å². The molecule has 1 aromatic rings. The second kappa shape index (κ2) is 3.10. The predicted molar refractivity (Wildman–Crippen MR) is 55.8 cm³/mol. The van der Waals surface area contributed by atoms with Gasteiger partial charge >= 0.3 is 0 Å². The van der Waals surface area contributed by atoms with Crippen molar-refractivity contribution < 1.29 is 0 Å². The smallest absolute Gasteiger partial charge is 0.0302 e. The molecule has 0 amide bonds. The molecule has 2 fully saturated rings. The average molecular weight is 193 g/mol. The lowest BCUT2D eigenvalue weighted by Gasteiger charge is -2.12. The van der Waals surface area contributed by atoms with Crippen LogP contribution in [0, 0.1) is 11.8 Å². The highest BCUT2D eigenvalue weighted by atomic mass is 32.1. The third kappa shape index (κ3) is 1.53. The van der Waals surface area contributed by atoms with E-state index in [-0.39, 0.29) is 0 Å². The maximum absolute atomic E-state index is 3.69. The third-order valence-corrected chi connectivity index (χ3v) is 4.34. The number of hydrogen-bond acceptors (Lipinski definition) is 2. The summed E-state index contributed by atoms with van der Waals surface area (Å²) in [5.41, 5.74) is 0. The molecule has 1 N–H and O–H groups in total. The lowest BCUT2D eigenvalue weighted by atomic mass is 10.2. The normalized spacial score (nSPS) is 36.2. The molecule has 2 aliphatic rings. The van der Waals surface area contributed by atoms with E-state index in [1.807, 2.05) is 11.3 Å². The molecule has 0 bridgehead atoms. The van der Waals surface area contributed by atoms with Crippen molar-refractivity contribution >= 4 is 11.3 Å². The van der Waals surface area contributed by atoms with Crippen molar-refractivity contribution in [2.75, 3.05) is 0 Å². The molecule has 2 aliphatic carbocycles. The fraction of sp³-hybridized carbons (Fsp3) is 0.636. The zero-order valence-electron chi connectivity index (χ0n) is 7.70. The lowest BCUT2D eigenvalue weighted by Crippen LogP contribution is -2.28. The Labute approximate surface area is 83.2 Å². The number of hydrogen-bond donors (Lipinski definition) is 1. The van der Waals surface area contributed by atoms with Crippen LogP contribution >= 0.6 is 11.3 Å². The molecule has 13 heavy (non-hydrogen) atoms. The zero-order valence-corrected chi connectivity index (χ0v) is 8.52. The standard InChI is InChI=1S/C11H15NS/c1-2-9(13-5-1)7-12-11-4-3-8-6-10(8)11/h1-2,5,8,10-12H,3-4,6-7H2/t8-,10+,11?/m0/s1. The minimum absolute atomic E-state index is 0.840. The molecule has 0 spiro atoms. The van der Waals surface area contributed by atoms with Crippen molar-refractivity contribution in [3.8, 4) is 0 Å². The molecule has 0 aromatic carbocycles. The summed E-state index contributed by atoms with van der Waals surface area (Å²) < 4.78 is 0. The fourth-order valence-electron chi connectivity index (χ4n) is 2.60. The van der Waals surface area contributed by atoms with Crippen LogP contribution in [0.15, 0.2) is 17.5 Å².